The standard InChI is InChI=1S/C55H87N13O16/c1-30(2)24-35(45(73)58-32(5)53(81)67-22-12-18-41(67)51(79)63-38(28-70)47(75)62-37(27-69)46(74)59-34(55(83)84)16-9-10-20-56)60-50(78)42-19-13-23-68(42)54(82)36(25-33-14-7-6-8-15-33)61-52(80)44(31(3)4)65-48(76)39(29-71)64-49(77)40-17-11-21-66(40)43(72)26-57/h6-8,14-15,30-32,34-42,44,69-71H,9-13,16-29,56-57H2,1-5H3,(H,58,73)(H,59,74)(H,60,78)(H,61,80)(H,62,75)(H,63,79)(H,64,77)(H,65,76)(H,83,84)/t32-,34-,35-,36-,37-,38-,39-,40-,41-,42-,44-/m0/s1/i9+1,10+1,16+1,20+1,34+1,55+1. The van der Waals surface area contributed by atoms with Crippen molar-refractivity contribution in [1.29, 1.82) is 0 Å². The van der Waals surface area contributed by atoms with Gasteiger partial charge >= 0.3 is 5.97 Å². The maximum Gasteiger partial charge on any atom is 0.326 e. The highest BCUT2D eigenvalue weighted by Crippen LogP contribution is 2.23. The molecular weight excluding hydrogens is 1100 g/mol. The molecule has 0 aliphatic carbocycles. The van der Waals surface area contributed by atoms with Crippen molar-refractivity contribution < 1.29 is 78.0 Å². The molecule has 468 valence electrons. The molecule has 16 N–H and O–H groups in total. The fourth-order valence-corrected chi connectivity index (χ4v) is 10.4. The van der Waals surface area contributed by atoms with E-state index >= 15 is 0 Å². The summed E-state index contributed by atoms with van der Waals surface area (Å²) in [4.78, 5) is 166. The SMILES string of the molecule is CC(C)C[C@H](NC(=O)[C@@H]1CCCN1C(=O)[C@H](Cc1ccccc1)NC(=O)[C@@H](NC(=O)[C@H](CO)NC(=O)[C@@H]1CCCN1C(=O)CN)C(C)C)C(=O)N[C@@H](C)C(=O)N1CCC[C@H]1C(=O)N[C@@H](CO)C(=O)N[C@@H](CO)C(=O)N[13C@@H]([13CH2][13CH2][13CH2][13CH2]N)[13C](=O)O. The number of hydrogen-bond acceptors (Lipinski definition) is 17. The molecule has 3 aliphatic heterocycles. The van der Waals surface area contributed by atoms with Crippen molar-refractivity contribution in [3.05, 3.63) is 35.9 Å². The Hall–Kier alpha value is -7.34. The van der Waals surface area contributed by atoms with Crippen molar-refractivity contribution in [2.75, 3.05) is 52.5 Å². The Morgan fingerprint density at radius 3 is 1.44 bits per heavy atom. The first-order valence-corrected chi connectivity index (χ1v) is 28.7. The van der Waals surface area contributed by atoms with Crippen molar-refractivity contribution in [2.45, 2.75) is 172 Å². The van der Waals surface area contributed by atoms with Gasteiger partial charge in [0.1, 0.15) is 66.5 Å². The first-order valence-electron chi connectivity index (χ1n) is 28.7. The zero-order chi connectivity index (χ0) is 62.4. The van der Waals surface area contributed by atoms with Gasteiger partial charge in [-0.2, -0.15) is 0 Å². The van der Waals surface area contributed by atoms with Gasteiger partial charge in [0.2, 0.25) is 65.0 Å². The maximum absolute atomic E-state index is 14.7. The van der Waals surface area contributed by atoms with Crippen molar-refractivity contribution in [3.8, 4) is 0 Å². The lowest BCUT2D eigenvalue weighted by Crippen LogP contribution is -2.61. The number of amides is 11. The quantitative estimate of drug-likeness (QED) is 0.0237. The minimum absolute atomic E-state index is 0.0251. The van der Waals surface area contributed by atoms with E-state index in [0.717, 1.165) is 0 Å². The van der Waals surface area contributed by atoms with Crippen LogP contribution in [0.2, 0.25) is 0 Å². The van der Waals surface area contributed by atoms with Gasteiger partial charge in [0.15, 0.2) is 0 Å². The lowest BCUT2D eigenvalue weighted by atomic mass is 10.00. The Bertz CT molecular complexity index is 2470. The van der Waals surface area contributed by atoms with Crippen molar-refractivity contribution in [2.24, 2.45) is 23.3 Å². The van der Waals surface area contributed by atoms with E-state index in [0.29, 0.717) is 57.2 Å². The molecule has 29 heteroatoms. The van der Waals surface area contributed by atoms with Gasteiger partial charge in [-0.15, -0.1) is 0 Å². The van der Waals surface area contributed by atoms with E-state index in [4.69, 9.17) is 11.5 Å². The summed E-state index contributed by atoms with van der Waals surface area (Å²) >= 11 is 0. The number of rotatable bonds is 32. The number of nitrogens with one attached hydrogen (secondary N) is 8. The Morgan fingerprint density at radius 2 is 0.964 bits per heavy atom. The fraction of sp³-hybridized carbons (Fsp3) is 0.673. The molecule has 1 aromatic carbocycles. The number of carboxylic acid groups (broad SMARTS) is 1. The highest BCUT2D eigenvalue weighted by molar-refractivity contribution is 5.99. The number of unbranched alkanes of at least 4 members (excludes halogenated alkanes) is 1. The van der Waals surface area contributed by atoms with Gasteiger partial charge in [-0.1, -0.05) is 58.0 Å². The van der Waals surface area contributed by atoms with Crippen LogP contribution in [0.4, 0.5) is 0 Å². The third kappa shape index (κ3) is 19.6. The average Bonchev–Trinajstić information content (AvgIpc) is 3.98. The molecule has 3 aliphatic rings. The molecule has 84 heavy (non-hydrogen) atoms. The zero-order valence-electron chi connectivity index (χ0n) is 48.5. The Morgan fingerprint density at radius 1 is 0.524 bits per heavy atom. The number of benzene rings is 1. The smallest absolute Gasteiger partial charge is 0.326 e. The van der Waals surface area contributed by atoms with E-state index in [9.17, 15) is 78.0 Å². The van der Waals surface area contributed by atoms with Gasteiger partial charge in [-0.25, -0.2) is 4.79 Å². The van der Waals surface area contributed by atoms with Crippen LogP contribution in [0.5, 0.6) is 0 Å². The molecule has 0 saturated carbocycles. The summed E-state index contributed by atoms with van der Waals surface area (Å²) in [5.41, 5.74) is 11.6. The Labute approximate surface area is 488 Å². The van der Waals surface area contributed by atoms with E-state index < -0.39 is 163 Å². The summed E-state index contributed by atoms with van der Waals surface area (Å²) < 4.78 is 0. The summed E-state index contributed by atoms with van der Waals surface area (Å²) in [5.74, 6) is -10.7. The minimum Gasteiger partial charge on any atom is -0.480 e. The molecule has 0 aromatic heterocycles. The predicted octanol–water partition coefficient (Wildman–Crippen LogP) is -5.05. The lowest BCUT2D eigenvalue weighted by molar-refractivity contribution is -0.143. The largest absolute Gasteiger partial charge is 0.480 e. The first kappa shape index (κ1) is 69.2. The number of aliphatic carboxylic acids is 1. The number of aliphatic hydroxyl groups excluding tert-OH is 3. The number of aliphatic hydroxyl groups is 3. The topological polar surface area (TPSA) is 444 Å². The molecule has 11 atom stereocenters. The monoisotopic (exact) mass is 1190 g/mol. The summed E-state index contributed by atoms with van der Waals surface area (Å²) in [5, 5.41) is 59.8. The molecule has 0 spiro atoms. The van der Waals surface area contributed by atoms with E-state index in [2.05, 4.69) is 42.5 Å². The maximum atomic E-state index is 14.7. The number of carboxylic acids is 1. The number of nitrogens with two attached hydrogens (primary N) is 2. The van der Waals surface area contributed by atoms with Crippen LogP contribution >= 0.6 is 0 Å². The lowest BCUT2D eigenvalue weighted by Gasteiger charge is -2.32. The summed E-state index contributed by atoms with van der Waals surface area (Å²) in [6.45, 7) is 5.94. The van der Waals surface area contributed by atoms with Crippen LogP contribution in [0.1, 0.15) is 104 Å². The van der Waals surface area contributed by atoms with Crippen molar-refractivity contribution in [1.82, 2.24) is 57.2 Å². The molecule has 4 rings (SSSR count). The van der Waals surface area contributed by atoms with Crippen LogP contribution in [-0.2, 0) is 64.0 Å². The molecule has 0 bridgehead atoms. The summed E-state index contributed by atoms with van der Waals surface area (Å²) in [6.07, 6.45) is 2.81. The van der Waals surface area contributed by atoms with Crippen molar-refractivity contribution >= 4 is 70.9 Å². The summed E-state index contributed by atoms with van der Waals surface area (Å²) in [7, 11) is 0. The van der Waals surface area contributed by atoms with Gasteiger partial charge in [0, 0.05) is 26.1 Å². The Kier molecular flexibility index (Phi) is 27.8. The summed E-state index contributed by atoms with van der Waals surface area (Å²) in [6, 6.07) is -5.72. The number of nitrogens with zero attached hydrogens (tertiary/aromatic N) is 3. The molecule has 29 nitrogen and oxygen atoms in total. The second-order valence-electron chi connectivity index (χ2n) is 22.1. The van der Waals surface area contributed by atoms with E-state index in [1.807, 2.05) is 0 Å². The molecule has 0 radical (unpaired) electrons. The minimum atomic E-state index is -1.67. The number of likely N-dealkylation sites (tertiary alicyclic amines) is 3. The first-order chi connectivity index (χ1) is 39.9. The number of hydrogen-bond donors (Lipinski definition) is 14. The molecule has 11 amide bonds. The molecule has 3 saturated heterocycles. The molecule has 3 heterocycles. The third-order valence-electron chi connectivity index (χ3n) is 14.9. The van der Waals surface area contributed by atoms with Crippen LogP contribution in [0.3, 0.4) is 0 Å². The molecular formula is C55H87N13O16. The number of carbonyl (C=O) groups is 12. The van der Waals surface area contributed by atoms with Gasteiger partial charge in [0.05, 0.1) is 26.4 Å². The van der Waals surface area contributed by atoms with Crippen LogP contribution < -0.4 is 54.0 Å². The Balaban J connectivity index is 1.43. The van der Waals surface area contributed by atoms with Gasteiger partial charge in [0.25, 0.3) is 0 Å². The third-order valence-corrected chi connectivity index (χ3v) is 14.9. The van der Waals surface area contributed by atoms with E-state index in [1.54, 1.807) is 58.0 Å². The van der Waals surface area contributed by atoms with E-state index in [1.165, 1.54) is 21.6 Å². The average molecular weight is 1190 g/mol. The van der Waals surface area contributed by atoms with Crippen LogP contribution in [0, 0.1) is 11.8 Å². The fourth-order valence-electron chi connectivity index (χ4n) is 10.4. The van der Waals surface area contributed by atoms with Crippen LogP contribution in [0.15, 0.2) is 30.3 Å². The predicted molar refractivity (Wildman–Crippen MR) is 301 cm³/mol. The van der Waals surface area contributed by atoms with Gasteiger partial charge in [-0.3, -0.25) is 52.7 Å². The molecule has 3 fully saturated rings. The molecule has 1 aromatic rings. The van der Waals surface area contributed by atoms with Crippen LogP contribution in [-0.4, -0.2) is 225 Å². The van der Waals surface area contributed by atoms with E-state index in [-0.39, 0.29) is 57.7 Å². The van der Waals surface area contributed by atoms with Gasteiger partial charge < -0.3 is 89.1 Å². The highest BCUT2D eigenvalue weighted by atomic mass is 16.5. The van der Waals surface area contributed by atoms with Gasteiger partial charge in [-0.05, 0) is 95.1 Å². The number of carbonyl (C=O) groups excluding carboxylic acids is 11. The van der Waals surface area contributed by atoms with Crippen LogP contribution in [0.25, 0.3) is 0 Å². The second kappa shape index (κ2) is 33.8. The zero-order valence-corrected chi connectivity index (χ0v) is 48.5. The normalized spacial score (nSPS) is 19.6. The highest BCUT2D eigenvalue weighted by Gasteiger charge is 2.43. The second-order valence-corrected chi connectivity index (χ2v) is 22.1. The molecule has 0 unspecified atom stereocenters. The van der Waals surface area contributed by atoms with Crippen molar-refractivity contribution in [3.63, 3.8) is 0 Å².